The van der Waals surface area contributed by atoms with Crippen molar-refractivity contribution in [1.29, 1.82) is 0 Å². The fourth-order valence-electron chi connectivity index (χ4n) is 3.49. The molecule has 2 amide bonds. The van der Waals surface area contributed by atoms with Gasteiger partial charge in [0, 0.05) is 24.2 Å². The van der Waals surface area contributed by atoms with Gasteiger partial charge in [0.05, 0.1) is 11.4 Å². The Morgan fingerprint density at radius 2 is 1.62 bits per heavy atom. The SMILES string of the molecule is CC(=O)Nc1c(-c2ccccc2)c(C)nn1-c1ccc(C(=O)Nc2cc(C)ccn2)cc1. The standard InChI is InChI=1S/C25H23N5O2/c1-16-13-14-26-22(15-16)28-25(32)20-9-11-21(12-10-20)30-24(27-18(3)31)23(17(2)29-30)19-7-5-4-6-8-19/h4-15H,1-3H3,(H,27,31)(H,26,28,32). The van der Waals surface area contributed by atoms with Crippen molar-refractivity contribution in [1.82, 2.24) is 14.8 Å². The van der Waals surface area contributed by atoms with Gasteiger partial charge in [0.1, 0.15) is 11.6 Å². The number of carbonyl (C=O) groups is 2. The number of hydrogen-bond donors (Lipinski definition) is 2. The molecule has 0 unspecified atom stereocenters. The first-order chi connectivity index (χ1) is 15.4. The molecule has 0 aliphatic carbocycles. The maximum atomic E-state index is 12.6. The Morgan fingerprint density at radius 3 is 2.28 bits per heavy atom. The molecule has 2 aromatic heterocycles. The summed E-state index contributed by atoms with van der Waals surface area (Å²) in [6, 6.07) is 20.5. The second kappa shape index (κ2) is 8.85. The first kappa shape index (κ1) is 21.0. The van der Waals surface area contributed by atoms with E-state index in [1.807, 2.05) is 56.3 Å². The van der Waals surface area contributed by atoms with Crippen molar-refractivity contribution in [3.63, 3.8) is 0 Å². The van der Waals surface area contributed by atoms with Crippen molar-refractivity contribution in [2.45, 2.75) is 20.8 Å². The smallest absolute Gasteiger partial charge is 0.256 e. The molecule has 2 heterocycles. The Morgan fingerprint density at radius 1 is 0.906 bits per heavy atom. The Balaban J connectivity index is 1.66. The lowest BCUT2D eigenvalue weighted by Gasteiger charge is -2.11. The summed E-state index contributed by atoms with van der Waals surface area (Å²) in [6.07, 6.45) is 1.65. The fourth-order valence-corrected chi connectivity index (χ4v) is 3.49. The van der Waals surface area contributed by atoms with E-state index in [1.54, 1.807) is 35.1 Å². The van der Waals surface area contributed by atoms with E-state index < -0.39 is 0 Å². The van der Waals surface area contributed by atoms with Crippen LogP contribution in [0.4, 0.5) is 11.6 Å². The van der Waals surface area contributed by atoms with E-state index in [1.165, 1.54) is 6.92 Å². The Hall–Kier alpha value is -4.26. The highest BCUT2D eigenvalue weighted by Crippen LogP contribution is 2.33. The van der Waals surface area contributed by atoms with E-state index in [4.69, 9.17) is 0 Å². The molecule has 2 N–H and O–H groups in total. The van der Waals surface area contributed by atoms with Crippen LogP contribution in [0.2, 0.25) is 0 Å². The first-order valence-electron chi connectivity index (χ1n) is 10.2. The van der Waals surface area contributed by atoms with Crippen molar-refractivity contribution >= 4 is 23.5 Å². The molecule has 32 heavy (non-hydrogen) atoms. The lowest BCUT2D eigenvalue weighted by atomic mass is 10.1. The van der Waals surface area contributed by atoms with Crippen LogP contribution in [0.1, 0.15) is 28.5 Å². The molecule has 0 radical (unpaired) electrons. The molecule has 0 aliphatic rings. The lowest BCUT2D eigenvalue weighted by Crippen LogP contribution is -2.14. The predicted octanol–water partition coefficient (Wildman–Crippen LogP) is 4.76. The summed E-state index contributed by atoms with van der Waals surface area (Å²) >= 11 is 0. The van der Waals surface area contributed by atoms with Gasteiger partial charge in [-0.05, 0) is 61.4 Å². The third-order valence-corrected chi connectivity index (χ3v) is 4.95. The van der Waals surface area contributed by atoms with Crippen LogP contribution in [0.3, 0.4) is 0 Å². The van der Waals surface area contributed by atoms with Gasteiger partial charge in [0.15, 0.2) is 0 Å². The molecule has 0 fully saturated rings. The molecule has 4 rings (SSSR count). The normalized spacial score (nSPS) is 10.6. The number of aromatic nitrogens is 3. The van der Waals surface area contributed by atoms with E-state index in [0.717, 1.165) is 28.1 Å². The molecule has 2 aromatic carbocycles. The highest BCUT2D eigenvalue weighted by Gasteiger charge is 2.19. The molecule has 7 heteroatoms. The summed E-state index contributed by atoms with van der Waals surface area (Å²) < 4.78 is 1.68. The first-order valence-corrected chi connectivity index (χ1v) is 10.2. The van der Waals surface area contributed by atoms with E-state index in [-0.39, 0.29) is 11.8 Å². The highest BCUT2D eigenvalue weighted by atomic mass is 16.2. The second-order valence-corrected chi connectivity index (χ2v) is 7.49. The molecule has 0 saturated heterocycles. The molecule has 0 spiro atoms. The van der Waals surface area contributed by atoms with Crippen LogP contribution in [-0.2, 0) is 4.79 Å². The third-order valence-electron chi connectivity index (χ3n) is 4.95. The van der Waals surface area contributed by atoms with Gasteiger partial charge in [0.2, 0.25) is 5.91 Å². The van der Waals surface area contributed by atoms with Crippen LogP contribution < -0.4 is 10.6 Å². The number of nitrogens with zero attached hydrogens (tertiary/aromatic N) is 3. The maximum Gasteiger partial charge on any atom is 0.256 e. The van der Waals surface area contributed by atoms with Gasteiger partial charge in [-0.15, -0.1) is 0 Å². The number of rotatable bonds is 5. The molecular formula is C25H23N5O2. The average Bonchev–Trinajstić information content (AvgIpc) is 3.09. The summed E-state index contributed by atoms with van der Waals surface area (Å²) in [5, 5.41) is 10.4. The van der Waals surface area contributed by atoms with Crippen molar-refractivity contribution in [2.24, 2.45) is 0 Å². The highest BCUT2D eigenvalue weighted by molar-refractivity contribution is 6.04. The van der Waals surface area contributed by atoms with Gasteiger partial charge in [-0.1, -0.05) is 30.3 Å². The number of pyridine rings is 1. The van der Waals surface area contributed by atoms with E-state index >= 15 is 0 Å². The molecule has 160 valence electrons. The zero-order valence-corrected chi connectivity index (χ0v) is 18.1. The molecule has 7 nitrogen and oxygen atoms in total. The summed E-state index contributed by atoms with van der Waals surface area (Å²) in [7, 11) is 0. The minimum atomic E-state index is -0.252. The van der Waals surface area contributed by atoms with Gasteiger partial charge < -0.3 is 10.6 Å². The topological polar surface area (TPSA) is 88.9 Å². The van der Waals surface area contributed by atoms with Crippen LogP contribution in [0.25, 0.3) is 16.8 Å². The summed E-state index contributed by atoms with van der Waals surface area (Å²) in [4.78, 5) is 28.7. The number of aryl methyl sites for hydroxylation is 2. The largest absolute Gasteiger partial charge is 0.310 e. The van der Waals surface area contributed by atoms with Crippen LogP contribution >= 0.6 is 0 Å². The quantitative estimate of drug-likeness (QED) is 0.482. The minimum absolute atomic E-state index is 0.190. The van der Waals surface area contributed by atoms with Gasteiger partial charge in [-0.25, -0.2) is 9.67 Å². The monoisotopic (exact) mass is 425 g/mol. The Labute approximate surface area is 186 Å². The number of benzene rings is 2. The van der Waals surface area contributed by atoms with Crippen molar-refractivity contribution in [3.05, 3.63) is 89.7 Å². The zero-order valence-electron chi connectivity index (χ0n) is 18.1. The molecule has 4 aromatic rings. The number of anilines is 2. The second-order valence-electron chi connectivity index (χ2n) is 7.49. The number of hydrogen-bond acceptors (Lipinski definition) is 4. The third kappa shape index (κ3) is 4.41. The molecule has 0 atom stereocenters. The van der Waals surface area contributed by atoms with Crippen LogP contribution in [0, 0.1) is 13.8 Å². The zero-order chi connectivity index (χ0) is 22.7. The summed E-state index contributed by atoms with van der Waals surface area (Å²) in [5.74, 6) is 0.646. The van der Waals surface area contributed by atoms with Gasteiger partial charge in [-0.3, -0.25) is 9.59 Å². The van der Waals surface area contributed by atoms with Crippen molar-refractivity contribution in [2.75, 3.05) is 10.6 Å². The van der Waals surface area contributed by atoms with Crippen molar-refractivity contribution in [3.8, 4) is 16.8 Å². The molecule has 0 aliphatic heterocycles. The van der Waals surface area contributed by atoms with Crippen molar-refractivity contribution < 1.29 is 9.59 Å². The number of amides is 2. The predicted molar refractivity (Wildman–Crippen MR) is 125 cm³/mol. The minimum Gasteiger partial charge on any atom is -0.310 e. The summed E-state index contributed by atoms with van der Waals surface area (Å²) in [5.41, 5.74) is 4.83. The fraction of sp³-hybridized carbons (Fsp3) is 0.120. The Kier molecular flexibility index (Phi) is 5.81. The molecular weight excluding hydrogens is 402 g/mol. The van der Waals surface area contributed by atoms with E-state index in [0.29, 0.717) is 17.2 Å². The Bertz CT molecular complexity index is 1280. The van der Waals surface area contributed by atoms with E-state index in [2.05, 4.69) is 20.7 Å². The van der Waals surface area contributed by atoms with Crippen LogP contribution in [0.15, 0.2) is 72.9 Å². The van der Waals surface area contributed by atoms with Gasteiger partial charge in [-0.2, -0.15) is 5.10 Å². The number of nitrogens with one attached hydrogen (secondary N) is 2. The molecule has 0 bridgehead atoms. The molecule has 0 saturated carbocycles. The van der Waals surface area contributed by atoms with E-state index in [9.17, 15) is 9.59 Å². The van der Waals surface area contributed by atoms with Crippen LogP contribution in [-0.4, -0.2) is 26.6 Å². The lowest BCUT2D eigenvalue weighted by molar-refractivity contribution is -0.114. The van der Waals surface area contributed by atoms with Crippen LogP contribution in [0.5, 0.6) is 0 Å². The maximum absolute atomic E-state index is 12.6. The average molecular weight is 425 g/mol. The van der Waals surface area contributed by atoms with Gasteiger partial charge in [0.25, 0.3) is 5.91 Å². The summed E-state index contributed by atoms with van der Waals surface area (Å²) in [6.45, 7) is 5.31. The van der Waals surface area contributed by atoms with Gasteiger partial charge >= 0.3 is 0 Å². The number of carbonyl (C=O) groups excluding carboxylic acids is 2.